The first kappa shape index (κ1) is 10.1. The minimum atomic E-state index is -0.502. The van der Waals surface area contributed by atoms with Gasteiger partial charge in [-0.2, -0.15) is 0 Å². The van der Waals surface area contributed by atoms with E-state index >= 15 is 0 Å². The Balaban J connectivity index is 1.94. The molecule has 92 valence electrons. The third kappa shape index (κ3) is 0.768. The molecule has 1 amide bonds. The Hall–Kier alpha value is -0.900. The fourth-order valence-electron chi connectivity index (χ4n) is 5.05. The Morgan fingerprint density at radius 1 is 1.41 bits per heavy atom. The molecule has 0 aromatic rings. The van der Waals surface area contributed by atoms with E-state index in [1.807, 2.05) is 7.05 Å². The molecule has 4 nitrogen and oxygen atoms in total. The zero-order valence-corrected chi connectivity index (χ0v) is 10.3. The molecule has 2 bridgehead atoms. The van der Waals surface area contributed by atoms with Crippen molar-refractivity contribution in [1.29, 1.82) is 0 Å². The Kier molecular flexibility index (Phi) is 1.53. The molecule has 17 heavy (non-hydrogen) atoms. The Morgan fingerprint density at radius 3 is 2.76 bits per heavy atom. The molecule has 2 heterocycles. The van der Waals surface area contributed by atoms with Gasteiger partial charge in [0.2, 0.25) is 5.91 Å². The molecule has 2 aliphatic heterocycles. The third-order valence-corrected chi connectivity index (χ3v) is 5.60. The number of amides is 1. The molecule has 2 saturated heterocycles. The van der Waals surface area contributed by atoms with Crippen LogP contribution in [0.25, 0.3) is 0 Å². The van der Waals surface area contributed by atoms with Gasteiger partial charge in [-0.3, -0.25) is 9.59 Å². The van der Waals surface area contributed by atoms with Gasteiger partial charge in [0.15, 0.2) is 5.78 Å². The number of Topliss-reactive ketones (excluding diaryl/α,β-unsaturated/α-hetero) is 1. The molecule has 4 heteroatoms. The largest absolute Gasteiger partial charge is 0.344 e. The van der Waals surface area contributed by atoms with Crippen LogP contribution in [-0.4, -0.2) is 35.5 Å². The Labute approximate surface area is 100 Å². The van der Waals surface area contributed by atoms with Gasteiger partial charge in [-0.25, -0.2) is 0 Å². The zero-order chi connectivity index (χ0) is 12.1. The number of fused-ring (bicyclic) bond motifs is 2. The fourth-order valence-corrected chi connectivity index (χ4v) is 5.05. The number of likely N-dealkylation sites (tertiary alicyclic amines) is 1. The number of carbonyl (C=O) groups is 2. The summed E-state index contributed by atoms with van der Waals surface area (Å²) in [5, 5.41) is 0. The number of nitrogens with zero attached hydrogens (tertiary/aromatic N) is 1. The van der Waals surface area contributed by atoms with Crippen molar-refractivity contribution in [3.8, 4) is 0 Å². The summed E-state index contributed by atoms with van der Waals surface area (Å²) in [6.07, 6.45) is 0.659. The van der Waals surface area contributed by atoms with Crippen molar-refractivity contribution in [3.63, 3.8) is 0 Å². The molecular weight excluding hydrogens is 218 g/mol. The van der Waals surface area contributed by atoms with Crippen molar-refractivity contribution in [1.82, 2.24) is 4.90 Å². The summed E-state index contributed by atoms with van der Waals surface area (Å²) in [5.74, 6) is 0.986. The lowest BCUT2D eigenvalue weighted by Crippen LogP contribution is -2.51. The molecule has 4 fully saturated rings. The second-order valence-electron chi connectivity index (χ2n) is 6.30. The van der Waals surface area contributed by atoms with Crippen LogP contribution in [0.2, 0.25) is 0 Å². The van der Waals surface area contributed by atoms with E-state index in [0.717, 1.165) is 6.42 Å². The van der Waals surface area contributed by atoms with Gasteiger partial charge < -0.3 is 9.64 Å². The van der Waals surface area contributed by atoms with Gasteiger partial charge in [-0.05, 0) is 6.42 Å². The number of ketones is 1. The normalized spacial score (nSPS) is 54.6. The van der Waals surface area contributed by atoms with Crippen LogP contribution in [0, 0.1) is 29.6 Å². The lowest BCUT2D eigenvalue weighted by molar-refractivity contribution is -0.178. The van der Waals surface area contributed by atoms with Gasteiger partial charge in [0.05, 0.1) is 5.92 Å². The van der Waals surface area contributed by atoms with Crippen molar-refractivity contribution >= 4 is 11.7 Å². The van der Waals surface area contributed by atoms with Crippen molar-refractivity contribution < 1.29 is 14.3 Å². The molecule has 0 aromatic carbocycles. The summed E-state index contributed by atoms with van der Waals surface area (Å²) >= 11 is 0. The van der Waals surface area contributed by atoms with E-state index in [9.17, 15) is 9.59 Å². The van der Waals surface area contributed by atoms with Gasteiger partial charge in [-0.1, -0.05) is 13.8 Å². The molecule has 6 unspecified atom stereocenters. The first-order valence-electron chi connectivity index (χ1n) is 6.49. The van der Waals surface area contributed by atoms with Gasteiger partial charge in [-0.15, -0.1) is 0 Å². The van der Waals surface area contributed by atoms with Crippen LogP contribution in [0.15, 0.2) is 0 Å². The summed E-state index contributed by atoms with van der Waals surface area (Å²) < 4.78 is 6.13. The van der Waals surface area contributed by atoms with E-state index in [0.29, 0.717) is 5.92 Å². The second-order valence-corrected chi connectivity index (χ2v) is 6.30. The number of ether oxygens (including phenoxy) is 1. The minimum Gasteiger partial charge on any atom is -0.344 e. The lowest BCUT2D eigenvalue weighted by Gasteiger charge is -2.39. The average Bonchev–Trinajstić information content (AvgIpc) is 2.90. The van der Waals surface area contributed by atoms with E-state index < -0.39 is 5.72 Å². The topological polar surface area (TPSA) is 46.6 Å². The number of rotatable bonds is 1. The van der Waals surface area contributed by atoms with Crippen LogP contribution in [0.4, 0.5) is 0 Å². The number of hydrogen-bond donors (Lipinski definition) is 0. The number of hydrogen-bond acceptors (Lipinski definition) is 3. The van der Waals surface area contributed by atoms with E-state index in [-0.39, 0.29) is 41.5 Å². The molecular formula is C13H17NO3. The molecule has 0 radical (unpaired) electrons. The Morgan fingerprint density at radius 2 is 2.12 bits per heavy atom. The maximum absolute atomic E-state index is 12.4. The van der Waals surface area contributed by atoms with Gasteiger partial charge in [0.1, 0.15) is 11.8 Å². The molecule has 6 atom stereocenters. The van der Waals surface area contributed by atoms with E-state index in [1.165, 1.54) is 0 Å². The molecule has 4 aliphatic rings. The van der Waals surface area contributed by atoms with Crippen LogP contribution in [0.1, 0.15) is 20.3 Å². The lowest BCUT2D eigenvalue weighted by atomic mass is 9.75. The zero-order valence-electron chi connectivity index (χ0n) is 10.3. The first-order chi connectivity index (χ1) is 8.00. The van der Waals surface area contributed by atoms with Crippen molar-refractivity contribution in [2.24, 2.45) is 29.6 Å². The molecule has 0 spiro atoms. The predicted octanol–water partition coefficient (Wildman–Crippen LogP) is 0.661. The van der Waals surface area contributed by atoms with Gasteiger partial charge in [0, 0.05) is 30.7 Å². The van der Waals surface area contributed by atoms with E-state index in [4.69, 9.17) is 4.74 Å². The van der Waals surface area contributed by atoms with Crippen LogP contribution < -0.4 is 0 Å². The number of carbonyl (C=O) groups excluding carboxylic acids is 2. The van der Waals surface area contributed by atoms with Crippen LogP contribution in [0.5, 0.6) is 0 Å². The van der Waals surface area contributed by atoms with E-state index in [1.54, 1.807) is 4.90 Å². The molecule has 2 saturated carbocycles. The van der Waals surface area contributed by atoms with Crippen molar-refractivity contribution in [2.75, 3.05) is 7.05 Å². The smallest absolute Gasteiger partial charge is 0.228 e. The highest BCUT2D eigenvalue weighted by atomic mass is 16.5. The SMILES string of the molecule is CC(C)C12OC3C(=O)C4CC3C1C4C(=O)N2C. The monoisotopic (exact) mass is 235 g/mol. The van der Waals surface area contributed by atoms with Crippen LogP contribution >= 0.6 is 0 Å². The molecule has 4 rings (SSSR count). The maximum atomic E-state index is 12.4. The predicted molar refractivity (Wildman–Crippen MR) is 58.8 cm³/mol. The Bertz CT molecular complexity index is 446. The molecule has 0 aromatic heterocycles. The highest BCUT2D eigenvalue weighted by molar-refractivity contribution is 5.98. The third-order valence-electron chi connectivity index (χ3n) is 5.60. The average molecular weight is 235 g/mol. The fraction of sp³-hybridized carbons (Fsp3) is 0.846. The standard InChI is InChI=1S/C13H17NO3/c1-5(2)13-9-7-4-6(10(15)11(7)17-13)8(9)12(16)14(13)3/h5-9,11H,4H2,1-3H3. The maximum Gasteiger partial charge on any atom is 0.228 e. The summed E-state index contributed by atoms with van der Waals surface area (Å²) in [7, 11) is 1.84. The summed E-state index contributed by atoms with van der Waals surface area (Å²) in [5.41, 5.74) is -0.502. The second kappa shape index (κ2) is 2.58. The van der Waals surface area contributed by atoms with Crippen molar-refractivity contribution in [2.45, 2.75) is 32.1 Å². The van der Waals surface area contributed by atoms with Crippen LogP contribution in [0.3, 0.4) is 0 Å². The quantitative estimate of drug-likeness (QED) is 0.671. The minimum absolute atomic E-state index is 0.0481. The summed E-state index contributed by atoms with van der Waals surface area (Å²) in [4.78, 5) is 26.3. The van der Waals surface area contributed by atoms with E-state index in [2.05, 4.69) is 13.8 Å². The summed E-state index contributed by atoms with van der Waals surface area (Å²) in [6.45, 7) is 4.18. The van der Waals surface area contributed by atoms with Crippen molar-refractivity contribution in [3.05, 3.63) is 0 Å². The van der Waals surface area contributed by atoms with Crippen LogP contribution in [-0.2, 0) is 14.3 Å². The van der Waals surface area contributed by atoms with Gasteiger partial charge in [0.25, 0.3) is 0 Å². The highest BCUT2D eigenvalue weighted by Gasteiger charge is 2.78. The first-order valence-corrected chi connectivity index (χ1v) is 6.49. The van der Waals surface area contributed by atoms with Gasteiger partial charge >= 0.3 is 0 Å². The highest BCUT2D eigenvalue weighted by Crippen LogP contribution is 2.67. The molecule has 2 aliphatic carbocycles. The summed E-state index contributed by atoms with van der Waals surface area (Å²) in [6, 6.07) is 0. The molecule has 0 N–H and O–H groups in total.